The molecule has 5 nitrogen and oxygen atoms in total. The zero-order valence-corrected chi connectivity index (χ0v) is 13.8. The molecule has 0 aromatic heterocycles. The Morgan fingerprint density at radius 2 is 1.92 bits per heavy atom. The molecule has 0 amide bonds. The van der Waals surface area contributed by atoms with E-state index in [4.69, 9.17) is 25.8 Å². The molecule has 0 bridgehead atoms. The van der Waals surface area contributed by atoms with Gasteiger partial charge in [0, 0.05) is 5.56 Å². The fraction of sp³-hybridized carbons (Fsp3) is 0.111. The lowest BCUT2D eigenvalue weighted by Gasteiger charge is -2.05. The topological polar surface area (TPSA) is 57.1 Å². The average molecular weight is 344 g/mol. The molecular formula is C18H14ClNO4. The van der Waals surface area contributed by atoms with Gasteiger partial charge >= 0.3 is 5.97 Å². The second kappa shape index (κ2) is 6.76. The number of ether oxygens (including phenoxy) is 3. The summed E-state index contributed by atoms with van der Waals surface area (Å²) in [5.41, 5.74) is 1.44. The molecular weight excluding hydrogens is 330 g/mol. The molecule has 24 heavy (non-hydrogen) atoms. The van der Waals surface area contributed by atoms with Crippen LogP contribution in [0.4, 0.5) is 0 Å². The molecule has 0 radical (unpaired) electrons. The lowest BCUT2D eigenvalue weighted by Crippen LogP contribution is -2.06. The molecule has 2 aromatic carbocycles. The Hall–Kier alpha value is -2.79. The molecule has 0 unspecified atom stereocenters. The Morgan fingerprint density at radius 1 is 1.12 bits per heavy atom. The van der Waals surface area contributed by atoms with Gasteiger partial charge in [0.2, 0.25) is 5.90 Å². The van der Waals surface area contributed by atoms with Crippen LogP contribution >= 0.6 is 11.6 Å². The lowest BCUT2D eigenvalue weighted by atomic mass is 10.1. The SMILES string of the molecule is COc1ccc(C2=NC(=Cc3ccccc3OC)C(=O)O2)c(Cl)c1. The van der Waals surface area contributed by atoms with Crippen LogP contribution in [0.25, 0.3) is 6.08 Å². The van der Waals surface area contributed by atoms with E-state index in [1.165, 1.54) is 0 Å². The van der Waals surface area contributed by atoms with Crippen molar-refractivity contribution < 1.29 is 19.0 Å². The normalized spacial score (nSPS) is 15.2. The molecule has 0 spiro atoms. The van der Waals surface area contributed by atoms with Gasteiger partial charge in [-0.1, -0.05) is 29.8 Å². The molecule has 0 atom stereocenters. The highest BCUT2D eigenvalue weighted by molar-refractivity contribution is 6.34. The second-order valence-electron chi connectivity index (χ2n) is 4.92. The Kier molecular flexibility index (Phi) is 4.53. The largest absolute Gasteiger partial charge is 0.497 e. The first-order valence-corrected chi connectivity index (χ1v) is 7.49. The number of rotatable bonds is 4. The van der Waals surface area contributed by atoms with E-state index in [0.29, 0.717) is 22.1 Å². The first-order chi connectivity index (χ1) is 11.6. The van der Waals surface area contributed by atoms with Crippen LogP contribution in [0.3, 0.4) is 0 Å². The molecule has 2 aromatic rings. The standard InChI is InChI=1S/C18H14ClNO4/c1-22-12-7-8-13(14(19)10-12)17-20-15(18(21)24-17)9-11-5-3-4-6-16(11)23-2/h3-10H,1-2H3. The number of nitrogens with zero attached hydrogens (tertiary/aromatic N) is 1. The molecule has 0 aliphatic carbocycles. The molecule has 0 saturated heterocycles. The highest BCUT2D eigenvalue weighted by Gasteiger charge is 2.26. The smallest absolute Gasteiger partial charge is 0.363 e. The monoisotopic (exact) mass is 343 g/mol. The molecule has 122 valence electrons. The first-order valence-electron chi connectivity index (χ1n) is 7.12. The summed E-state index contributed by atoms with van der Waals surface area (Å²) in [5.74, 6) is 0.874. The van der Waals surface area contributed by atoms with Crippen molar-refractivity contribution in [2.75, 3.05) is 14.2 Å². The van der Waals surface area contributed by atoms with Gasteiger partial charge in [-0.2, -0.15) is 0 Å². The van der Waals surface area contributed by atoms with Gasteiger partial charge in [-0.3, -0.25) is 0 Å². The number of esters is 1. The van der Waals surface area contributed by atoms with Gasteiger partial charge in [0.05, 0.1) is 24.8 Å². The summed E-state index contributed by atoms with van der Waals surface area (Å²) >= 11 is 6.20. The fourth-order valence-electron chi connectivity index (χ4n) is 2.25. The van der Waals surface area contributed by atoms with Crippen LogP contribution in [0.2, 0.25) is 5.02 Å². The molecule has 1 aliphatic heterocycles. The van der Waals surface area contributed by atoms with Crippen LogP contribution in [-0.2, 0) is 9.53 Å². The summed E-state index contributed by atoms with van der Waals surface area (Å²) in [5, 5.41) is 0.388. The van der Waals surface area contributed by atoms with Crippen molar-refractivity contribution in [1.29, 1.82) is 0 Å². The van der Waals surface area contributed by atoms with Gasteiger partial charge in [0.1, 0.15) is 11.5 Å². The third kappa shape index (κ3) is 3.12. The fourth-order valence-corrected chi connectivity index (χ4v) is 2.50. The summed E-state index contributed by atoms with van der Waals surface area (Å²) in [6.07, 6.45) is 1.62. The number of aliphatic imine (C=N–C) groups is 1. The second-order valence-corrected chi connectivity index (χ2v) is 5.33. The summed E-state index contributed by atoms with van der Waals surface area (Å²) in [6.45, 7) is 0. The Balaban J connectivity index is 1.97. The van der Waals surface area contributed by atoms with Crippen molar-refractivity contribution in [3.8, 4) is 11.5 Å². The zero-order chi connectivity index (χ0) is 17.1. The molecule has 3 rings (SSSR count). The Morgan fingerprint density at radius 3 is 2.62 bits per heavy atom. The highest BCUT2D eigenvalue weighted by Crippen LogP contribution is 2.28. The minimum Gasteiger partial charge on any atom is -0.497 e. The summed E-state index contributed by atoms with van der Waals surface area (Å²) in [7, 11) is 3.11. The number of carbonyl (C=O) groups excluding carboxylic acids is 1. The van der Waals surface area contributed by atoms with Crippen LogP contribution < -0.4 is 9.47 Å². The number of hydrogen-bond donors (Lipinski definition) is 0. The maximum Gasteiger partial charge on any atom is 0.363 e. The van der Waals surface area contributed by atoms with Crippen LogP contribution in [0.1, 0.15) is 11.1 Å². The van der Waals surface area contributed by atoms with Crippen molar-refractivity contribution in [3.05, 3.63) is 64.3 Å². The number of carbonyl (C=O) groups is 1. The zero-order valence-electron chi connectivity index (χ0n) is 13.1. The van der Waals surface area contributed by atoms with E-state index in [0.717, 1.165) is 5.56 Å². The molecule has 0 saturated carbocycles. The number of cyclic esters (lactones) is 1. The van der Waals surface area contributed by atoms with E-state index in [9.17, 15) is 4.79 Å². The summed E-state index contributed by atoms with van der Waals surface area (Å²) < 4.78 is 15.6. The Labute approximate surface area is 144 Å². The minimum absolute atomic E-state index is 0.161. The number of halogens is 1. The predicted molar refractivity (Wildman–Crippen MR) is 91.6 cm³/mol. The van der Waals surface area contributed by atoms with E-state index in [1.54, 1.807) is 44.6 Å². The quantitative estimate of drug-likeness (QED) is 0.627. The van der Waals surface area contributed by atoms with Crippen LogP contribution in [0.15, 0.2) is 53.2 Å². The first kappa shape index (κ1) is 16.1. The highest BCUT2D eigenvalue weighted by atomic mass is 35.5. The minimum atomic E-state index is -0.539. The van der Waals surface area contributed by atoms with E-state index in [2.05, 4.69) is 4.99 Å². The molecule has 0 fully saturated rings. The molecule has 1 heterocycles. The van der Waals surface area contributed by atoms with E-state index in [-0.39, 0.29) is 11.6 Å². The Bertz CT molecular complexity index is 858. The molecule has 6 heteroatoms. The van der Waals surface area contributed by atoms with E-state index >= 15 is 0 Å². The lowest BCUT2D eigenvalue weighted by molar-refractivity contribution is -0.129. The van der Waals surface area contributed by atoms with Crippen LogP contribution in [-0.4, -0.2) is 26.1 Å². The van der Waals surface area contributed by atoms with E-state index in [1.807, 2.05) is 18.2 Å². The maximum absolute atomic E-state index is 12.1. The molecule has 1 aliphatic rings. The van der Waals surface area contributed by atoms with Gasteiger partial charge in [-0.15, -0.1) is 0 Å². The van der Waals surface area contributed by atoms with Crippen molar-refractivity contribution in [2.45, 2.75) is 0 Å². The van der Waals surface area contributed by atoms with Crippen LogP contribution in [0.5, 0.6) is 11.5 Å². The van der Waals surface area contributed by atoms with Gasteiger partial charge in [-0.05, 0) is 30.3 Å². The predicted octanol–water partition coefficient (Wildman–Crippen LogP) is 3.70. The van der Waals surface area contributed by atoms with Crippen molar-refractivity contribution in [1.82, 2.24) is 0 Å². The maximum atomic E-state index is 12.1. The van der Waals surface area contributed by atoms with E-state index < -0.39 is 5.97 Å². The number of para-hydroxylation sites is 1. The average Bonchev–Trinajstić information content (AvgIpc) is 2.95. The van der Waals surface area contributed by atoms with Crippen LogP contribution in [0, 0.1) is 0 Å². The number of methoxy groups -OCH3 is 2. The van der Waals surface area contributed by atoms with Gasteiger partial charge in [0.25, 0.3) is 0 Å². The number of benzene rings is 2. The third-order valence-corrected chi connectivity index (χ3v) is 3.77. The van der Waals surface area contributed by atoms with Gasteiger partial charge in [0.15, 0.2) is 5.70 Å². The number of hydrogen-bond acceptors (Lipinski definition) is 5. The molecule has 0 N–H and O–H groups in total. The van der Waals surface area contributed by atoms with Crippen molar-refractivity contribution in [2.24, 2.45) is 4.99 Å². The van der Waals surface area contributed by atoms with Crippen molar-refractivity contribution in [3.63, 3.8) is 0 Å². The van der Waals surface area contributed by atoms with Crippen molar-refractivity contribution >= 4 is 29.5 Å². The third-order valence-electron chi connectivity index (χ3n) is 3.46. The van der Waals surface area contributed by atoms with Gasteiger partial charge < -0.3 is 14.2 Å². The summed E-state index contributed by atoms with van der Waals surface area (Å²) in [4.78, 5) is 16.3. The van der Waals surface area contributed by atoms with Gasteiger partial charge in [-0.25, -0.2) is 9.79 Å². The summed E-state index contributed by atoms with van der Waals surface area (Å²) in [6, 6.07) is 12.4.